The van der Waals surface area contributed by atoms with E-state index in [0.29, 0.717) is 25.7 Å². The third-order valence-corrected chi connectivity index (χ3v) is 1.84. The van der Waals surface area contributed by atoms with Gasteiger partial charge in [-0.25, -0.2) is 0 Å². The van der Waals surface area contributed by atoms with Crippen LogP contribution in [0.2, 0.25) is 0 Å². The molecule has 0 N–H and O–H groups in total. The second kappa shape index (κ2) is 2.40. The van der Waals surface area contributed by atoms with E-state index in [0.717, 1.165) is 0 Å². The van der Waals surface area contributed by atoms with Gasteiger partial charge in [-0.1, -0.05) is 0 Å². The normalized spacial score (nSPS) is 32.3. The third kappa shape index (κ3) is 1.35. The highest BCUT2D eigenvalue weighted by Gasteiger charge is 2.35. The minimum Gasteiger partial charge on any atom is -0.461 e. The molecule has 1 rings (SSSR count). The molecule has 0 aromatic rings. The zero-order valence-electron chi connectivity index (χ0n) is 5.92. The van der Waals surface area contributed by atoms with Crippen molar-refractivity contribution in [3.05, 3.63) is 0 Å². The summed E-state index contributed by atoms with van der Waals surface area (Å²) in [4.78, 5) is 20.7. The lowest BCUT2D eigenvalue weighted by Gasteiger charge is -2.19. The minimum absolute atomic E-state index is 0.185. The van der Waals surface area contributed by atoms with E-state index in [2.05, 4.69) is 0 Å². The van der Waals surface area contributed by atoms with Crippen LogP contribution in [0, 0.1) is 0 Å². The van der Waals surface area contributed by atoms with Gasteiger partial charge in [0.25, 0.3) is 6.47 Å². The second-order valence-electron chi connectivity index (χ2n) is 2.88. The van der Waals surface area contributed by atoms with Crippen LogP contribution in [-0.2, 0) is 14.3 Å². The first-order chi connectivity index (χ1) is 4.66. The number of ether oxygens (including phenoxy) is 1. The molecule has 3 heteroatoms. The number of carbonyl (C=O) groups excluding carboxylic acids is 2. The molecular formula is C7H10O3. The average molecular weight is 142 g/mol. The summed E-state index contributed by atoms with van der Waals surface area (Å²) in [5, 5.41) is 0. The molecule has 3 nitrogen and oxygen atoms in total. The maximum atomic E-state index is 10.7. The highest BCUT2D eigenvalue weighted by molar-refractivity contribution is 5.82. The molecule has 1 fully saturated rings. The first-order valence-electron chi connectivity index (χ1n) is 3.29. The number of rotatable bonds is 2. The number of hydrogen-bond donors (Lipinski definition) is 0. The van der Waals surface area contributed by atoms with E-state index in [-0.39, 0.29) is 5.78 Å². The third-order valence-electron chi connectivity index (χ3n) is 1.84. The summed E-state index contributed by atoms with van der Waals surface area (Å²) in [6.07, 6.45) is 1.60. The predicted octanol–water partition coefficient (Wildman–Crippen LogP) is 0.671. The van der Waals surface area contributed by atoms with Crippen molar-refractivity contribution in [2.45, 2.75) is 31.8 Å². The Morgan fingerprint density at radius 2 is 2.40 bits per heavy atom. The molecule has 0 radical (unpaired) electrons. The molecule has 56 valence electrons. The van der Waals surface area contributed by atoms with Gasteiger partial charge in [-0.05, 0) is 13.3 Å². The van der Waals surface area contributed by atoms with Crippen molar-refractivity contribution in [2.24, 2.45) is 0 Å². The number of ketones is 1. The van der Waals surface area contributed by atoms with Gasteiger partial charge in [0.15, 0.2) is 0 Å². The number of hydrogen-bond acceptors (Lipinski definition) is 3. The Morgan fingerprint density at radius 3 is 2.80 bits per heavy atom. The predicted molar refractivity (Wildman–Crippen MR) is 34.4 cm³/mol. The molecule has 0 aromatic heterocycles. The van der Waals surface area contributed by atoms with Gasteiger partial charge in [-0.3, -0.25) is 9.59 Å². The molecule has 0 heterocycles. The van der Waals surface area contributed by atoms with E-state index in [1.165, 1.54) is 0 Å². The van der Waals surface area contributed by atoms with Gasteiger partial charge in [-0.2, -0.15) is 0 Å². The van der Waals surface area contributed by atoms with Gasteiger partial charge in [0.1, 0.15) is 11.4 Å². The van der Waals surface area contributed by atoms with Crippen molar-refractivity contribution in [3.8, 4) is 0 Å². The molecule has 1 aliphatic carbocycles. The van der Waals surface area contributed by atoms with Crippen LogP contribution in [0.5, 0.6) is 0 Å². The smallest absolute Gasteiger partial charge is 0.293 e. The molecule has 1 aliphatic rings. The van der Waals surface area contributed by atoms with Crippen LogP contribution >= 0.6 is 0 Å². The van der Waals surface area contributed by atoms with Crippen LogP contribution in [0.25, 0.3) is 0 Å². The maximum absolute atomic E-state index is 10.7. The van der Waals surface area contributed by atoms with Crippen molar-refractivity contribution in [2.75, 3.05) is 0 Å². The molecule has 1 unspecified atom stereocenters. The van der Waals surface area contributed by atoms with Gasteiger partial charge < -0.3 is 4.74 Å². The van der Waals surface area contributed by atoms with E-state index >= 15 is 0 Å². The van der Waals surface area contributed by atoms with Crippen molar-refractivity contribution in [3.63, 3.8) is 0 Å². The van der Waals surface area contributed by atoms with Gasteiger partial charge in [0.05, 0.1) is 0 Å². The Bertz CT molecular complexity index is 164. The Morgan fingerprint density at radius 1 is 1.70 bits per heavy atom. The van der Waals surface area contributed by atoms with E-state index in [1.807, 2.05) is 0 Å². The minimum atomic E-state index is -0.501. The van der Waals surface area contributed by atoms with E-state index < -0.39 is 5.60 Å². The summed E-state index contributed by atoms with van der Waals surface area (Å²) < 4.78 is 4.76. The van der Waals surface area contributed by atoms with Crippen LogP contribution in [-0.4, -0.2) is 17.9 Å². The van der Waals surface area contributed by atoms with Crippen LogP contribution in [0.4, 0.5) is 0 Å². The fraction of sp³-hybridized carbons (Fsp3) is 0.714. The zero-order chi connectivity index (χ0) is 7.61. The first kappa shape index (κ1) is 7.25. The summed E-state index contributed by atoms with van der Waals surface area (Å²) in [7, 11) is 0. The van der Waals surface area contributed by atoms with Crippen molar-refractivity contribution in [1.29, 1.82) is 0 Å². The Hall–Kier alpha value is -0.860. The molecule has 0 spiro atoms. The lowest BCUT2D eigenvalue weighted by atomic mass is 10.1. The average Bonchev–Trinajstić information content (AvgIpc) is 2.12. The van der Waals surface area contributed by atoms with Crippen molar-refractivity contribution in [1.82, 2.24) is 0 Å². The van der Waals surface area contributed by atoms with Gasteiger partial charge >= 0.3 is 0 Å². The van der Waals surface area contributed by atoms with E-state index in [4.69, 9.17) is 4.74 Å². The summed E-state index contributed by atoms with van der Waals surface area (Å²) in [6, 6.07) is 0. The molecule has 0 bridgehead atoms. The van der Waals surface area contributed by atoms with E-state index in [1.54, 1.807) is 6.92 Å². The van der Waals surface area contributed by atoms with Gasteiger partial charge in [0.2, 0.25) is 0 Å². The maximum Gasteiger partial charge on any atom is 0.293 e. The van der Waals surface area contributed by atoms with Crippen molar-refractivity contribution < 1.29 is 14.3 Å². The largest absolute Gasteiger partial charge is 0.461 e. The fourth-order valence-corrected chi connectivity index (χ4v) is 1.21. The van der Waals surface area contributed by atoms with Crippen molar-refractivity contribution >= 4 is 12.3 Å². The fourth-order valence-electron chi connectivity index (χ4n) is 1.21. The summed E-state index contributed by atoms with van der Waals surface area (Å²) >= 11 is 0. The lowest BCUT2D eigenvalue weighted by Crippen LogP contribution is -2.24. The molecule has 10 heavy (non-hydrogen) atoms. The topological polar surface area (TPSA) is 43.4 Å². The van der Waals surface area contributed by atoms with Crippen LogP contribution < -0.4 is 0 Å². The Labute approximate surface area is 59.4 Å². The standard InChI is InChI=1S/C7H10O3/c1-7(10-5-8)3-2-6(9)4-7/h5H,2-4H2,1H3. The van der Waals surface area contributed by atoms with Gasteiger partial charge in [-0.15, -0.1) is 0 Å². The molecule has 0 amide bonds. The first-order valence-corrected chi connectivity index (χ1v) is 3.29. The lowest BCUT2D eigenvalue weighted by molar-refractivity contribution is -0.141. The highest BCUT2D eigenvalue weighted by atomic mass is 16.5. The van der Waals surface area contributed by atoms with E-state index in [9.17, 15) is 9.59 Å². The zero-order valence-corrected chi connectivity index (χ0v) is 5.92. The number of Topliss-reactive ketones (excluding diaryl/α,β-unsaturated/α-hetero) is 1. The Balaban J connectivity index is 2.53. The highest BCUT2D eigenvalue weighted by Crippen LogP contribution is 2.29. The summed E-state index contributed by atoms with van der Waals surface area (Å²) in [5.74, 6) is 0.185. The molecular weight excluding hydrogens is 132 g/mol. The quantitative estimate of drug-likeness (QED) is 0.532. The summed E-state index contributed by atoms with van der Waals surface area (Å²) in [5.41, 5.74) is -0.501. The monoisotopic (exact) mass is 142 g/mol. The number of carbonyl (C=O) groups is 2. The SMILES string of the molecule is CC1(OC=O)CCC(=O)C1. The molecule has 0 saturated heterocycles. The molecule has 0 aliphatic heterocycles. The molecule has 1 saturated carbocycles. The Kier molecular flexibility index (Phi) is 1.74. The van der Waals surface area contributed by atoms with Gasteiger partial charge in [0, 0.05) is 12.8 Å². The molecule has 1 atom stereocenters. The molecule has 0 aromatic carbocycles. The van der Waals surface area contributed by atoms with Crippen LogP contribution in [0.3, 0.4) is 0 Å². The van der Waals surface area contributed by atoms with Crippen LogP contribution in [0.15, 0.2) is 0 Å². The summed E-state index contributed by atoms with van der Waals surface area (Å²) in [6.45, 7) is 2.20. The van der Waals surface area contributed by atoms with Crippen LogP contribution in [0.1, 0.15) is 26.2 Å². The second-order valence-corrected chi connectivity index (χ2v) is 2.88.